The molecule has 0 radical (unpaired) electrons. The molecule has 0 N–H and O–H groups in total. The van der Waals surface area contributed by atoms with E-state index in [1.807, 2.05) is 88.4 Å². The Bertz CT molecular complexity index is 2000. The van der Waals surface area contributed by atoms with Crippen LogP contribution in [0, 0.1) is 10.8 Å². The lowest BCUT2D eigenvalue weighted by atomic mass is 9.73. The van der Waals surface area contributed by atoms with Crippen LogP contribution in [0.3, 0.4) is 0 Å². The van der Waals surface area contributed by atoms with Gasteiger partial charge in [0, 0.05) is 56.1 Å². The van der Waals surface area contributed by atoms with Gasteiger partial charge in [0.2, 0.25) is 0 Å². The number of ether oxygens (including phenoxy) is 8. The van der Waals surface area contributed by atoms with E-state index < -0.39 is 34.3 Å². The van der Waals surface area contributed by atoms with Gasteiger partial charge in [-0.3, -0.25) is 0 Å². The molecule has 414 valence electrons. The summed E-state index contributed by atoms with van der Waals surface area (Å²) in [4.78, 5) is 24.5. The first-order valence-electron chi connectivity index (χ1n) is 27.1. The summed E-state index contributed by atoms with van der Waals surface area (Å²) in [5, 5.41) is 0. The van der Waals surface area contributed by atoms with Crippen LogP contribution in [0.4, 0.5) is 0 Å². The molecule has 3 aromatic rings. The maximum Gasteiger partial charge on any atom is 0.330 e. The van der Waals surface area contributed by atoms with Gasteiger partial charge < -0.3 is 37.9 Å². The normalized spacial score (nSPS) is 13.9. The van der Waals surface area contributed by atoms with Crippen molar-refractivity contribution < 1.29 is 47.5 Å². The molecule has 0 aromatic heterocycles. The lowest BCUT2D eigenvalue weighted by Gasteiger charge is -2.44. The molecule has 0 bridgehead atoms. The third-order valence-corrected chi connectivity index (χ3v) is 15.8. The number of carbonyl (C=O) groups excluding carboxylic acids is 2. The maximum absolute atomic E-state index is 12.2. The van der Waals surface area contributed by atoms with Crippen LogP contribution in [0.2, 0.25) is 0 Å². The summed E-state index contributed by atoms with van der Waals surface area (Å²) in [5.41, 5.74) is -1.30. The van der Waals surface area contributed by atoms with Crippen LogP contribution in [0.15, 0.2) is 110 Å². The zero-order chi connectivity index (χ0) is 55.5. The summed E-state index contributed by atoms with van der Waals surface area (Å²) in [6.07, 6.45) is 9.70. The lowest BCUT2D eigenvalue weighted by molar-refractivity contribution is -0.160. The molecule has 74 heavy (non-hydrogen) atoms. The first-order chi connectivity index (χ1) is 34.4. The largest absolute Gasteiger partial charge is 0.493 e. The molecule has 0 heterocycles. The second-order valence-corrected chi connectivity index (χ2v) is 24.6. The summed E-state index contributed by atoms with van der Waals surface area (Å²) < 4.78 is 50.2. The quantitative estimate of drug-likeness (QED) is 0.0317. The number of rotatable bonds is 36. The fraction of sp³-hybridized carbons (Fsp3) is 0.625. The molecule has 3 rings (SSSR count). The Morgan fingerprint density at radius 1 is 0.446 bits per heavy atom. The van der Waals surface area contributed by atoms with E-state index in [1.54, 1.807) is 0 Å². The molecule has 0 fully saturated rings. The van der Waals surface area contributed by atoms with E-state index in [9.17, 15) is 9.59 Å². The van der Waals surface area contributed by atoms with Crippen molar-refractivity contribution in [2.24, 2.45) is 10.8 Å². The Labute approximate surface area is 448 Å². The number of hydrogen-bond acceptors (Lipinski definition) is 10. The molecule has 0 aliphatic carbocycles. The molecule has 0 spiro atoms. The van der Waals surface area contributed by atoms with Crippen molar-refractivity contribution in [2.45, 2.75) is 208 Å². The van der Waals surface area contributed by atoms with Crippen molar-refractivity contribution >= 4 is 11.9 Å². The highest BCUT2D eigenvalue weighted by molar-refractivity contribution is 5.82. The van der Waals surface area contributed by atoms with Crippen LogP contribution in [0.1, 0.15) is 185 Å². The fourth-order valence-electron chi connectivity index (χ4n) is 8.75. The van der Waals surface area contributed by atoms with Crippen molar-refractivity contribution in [3.63, 3.8) is 0 Å². The minimum absolute atomic E-state index is 0.127. The molecule has 0 aliphatic rings. The molecule has 2 unspecified atom stereocenters. The second-order valence-electron chi connectivity index (χ2n) is 24.6. The summed E-state index contributed by atoms with van der Waals surface area (Å²) in [7, 11) is 0. The smallest absolute Gasteiger partial charge is 0.330 e. The molecule has 10 nitrogen and oxygen atoms in total. The Balaban J connectivity index is 1.37. The van der Waals surface area contributed by atoms with Crippen molar-refractivity contribution in [2.75, 3.05) is 39.6 Å². The Hall–Kier alpha value is -4.48. The molecule has 3 aromatic carbocycles. The van der Waals surface area contributed by atoms with Gasteiger partial charge >= 0.3 is 11.9 Å². The number of hydrogen-bond donors (Lipinski definition) is 0. The lowest BCUT2D eigenvalue weighted by Crippen LogP contribution is -2.45. The van der Waals surface area contributed by atoms with Crippen molar-refractivity contribution in [3.05, 3.63) is 121 Å². The second kappa shape index (κ2) is 28.1. The molecule has 0 saturated heterocycles. The monoisotopic (exact) mass is 1030 g/mol. The number of unbranched alkanes of at least 4 members (excludes halogenated alkanes) is 2. The molecule has 0 amide bonds. The highest BCUT2D eigenvalue weighted by atomic mass is 16.6. The van der Waals surface area contributed by atoms with Gasteiger partial charge in [-0.05, 0) is 143 Å². The van der Waals surface area contributed by atoms with E-state index in [2.05, 4.69) is 121 Å². The van der Waals surface area contributed by atoms with Gasteiger partial charge in [0.1, 0.15) is 22.7 Å². The van der Waals surface area contributed by atoms with Crippen LogP contribution in [-0.2, 0) is 38.0 Å². The standard InChI is InChI=1S/C64H98O10/c1-19-55(65)73-61(11,12)53(49-32-23-21-24-33-49)47-71-63(15,16)57(3,4)38-27-29-42-69-59(7,8)40-44-67-51-36-31-37-52(46-51)68-45-41-60(9,10)70-43-30-28-39-58(5,6)64(17,18)72-48-54(50-34-25-22-26-35-50)62(13,14)74-56(66)20-2/h19-26,31-37,46,53-54H,1-2,27-30,38-45,47-48H2,3-18H3. The molecular weight excluding hydrogens is 929 g/mol. The maximum atomic E-state index is 12.2. The van der Waals surface area contributed by atoms with E-state index in [0.717, 1.165) is 74.0 Å². The highest BCUT2D eigenvalue weighted by Crippen LogP contribution is 2.43. The highest BCUT2D eigenvalue weighted by Gasteiger charge is 2.43. The number of carbonyl (C=O) groups is 2. The van der Waals surface area contributed by atoms with Gasteiger partial charge in [-0.1, -0.05) is 120 Å². The van der Waals surface area contributed by atoms with Crippen LogP contribution in [-0.4, -0.2) is 85.2 Å². The van der Waals surface area contributed by atoms with Crippen LogP contribution < -0.4 is 9.47 Å². The minimum Gasteiger partial charge on any atom is -0.493 e. The van der Waals surface area contributed by atoms with Gasteiger partial charge in [-0.15, -0.1) is 0 Å². The minimum atomic E-state index is -0.795. The predicted octanol–water partition coefficient (Wildman–Crippen LogP) is 15.4. The van der Waals surface area contributed by atoms with E-state index in [1.165, 1.54) is 12.2 Å². The third-order valence-electron chi connectivity index (χ3n) is 15.8. The Kier molecular flexibility index (Phi) is 24.2. The Morgan fingerprint density at radius 3 is 1.14 bits per heavy atom. The summed E-state index contributed by atoms with van der Waals surface area (Å²) in [6.45, 7) is 44.2. The van der Waals surface area contributed by atoms with Gasteiger partial charge in [-0.2, -0.15) is 0 Å². The van der Waals surface area contributed by atoms with Crippen molar-refractivity contribution in [1.29, 1.82) is 0 Å². The van der Waals surface area contributed by atoms with Crippen LogP contribution in [0.25, 0.3) is 0 Å². The summed E-state index contributed by atoms with van der Waals surface area (Å²) >= 11 is 0. The van der Waals surface area contributed by atoms with Gasteiger partial charge in [0.25, 0.3) is 0 Å². The zero-order valence-corrected chi connectivity index (χ0v) is 48.8. The molecule has 0 saturated carbocycles. The number of benzene rings is 3. The first kappa shape index (κ1) is 63.8. The summed E-state index contributed by atoms with van der Waals surface area (Å²) in [6, 6.07) is 28.0. The third kappa shape index (κ3) is 20.9. The predicted molar refractivity (Wildman–Crippen MR) is 301 cm³/mol. The first-order valence-corrected chi connectivity index (χ1v) is 27.1. The molecule has 10 heteroatoms. The average Bonchev–Trinajstić information content (AvgIpc) is 3.31. The molecule has 0 aliphatic heterocycles. The Morgan fingerprint density at radius 2 is 0.797 bits per heavy atom. The average molecular weight is 1030 g/mol. The molecular formula is C64H98O10. The van der Waals surface area contributed by atoms with E-state index in [4.69, 9.17) is 37.9 Å². The van der Waals surface area contributed by atoms with Gasteiger partial charge in [-0.25, -0.2) is 9.59 Å². The fourth-order valence-corrected chi connectivity index (χ4v) is 8.75. The van der Waals surface area contributed by atoms with Crippen LogP contribution in [0.5, 0.6) is 11.5 Å². The van der Waals surface area contributed by atoms with Crippen LogP contribution >= 0.6 is 0 Å². The summed E-state index contributed by atoms with van der Waals surface area (Å²) in [5.74, 6) is 0.314. The number of esters is 2. The topological polar surface area (TPSA) is 108 Å². The van der Waals surface area contributed by atoms with Crippen molar-refractivity contribution in [3.8, 4) is 11.5 Å². The SMILES string of the molecule is C=CC(=O)OC(C)(C)C(COC(C)(C)C(C)(C)CCCCOC(C)(C)CCOc1cccc(OCCC(C)(C)OCCCCC(C)(C)C(C)(C)OCC(c2ccccc2)C(C)(C)OC(=O)C=C)c1)c1ccccc1. The van der Waals surface area contributed by atoms with E-state index >= 15 is 0 Å². The zero-order valence-electron chi connectivity index (χ0n) is 48.8. The molecule has 2 atom stereocenters. The van der Waals surface area contributed by atoms with Crippen molar-refractivity contribution in [1.82, 2.24) is 0 Å². The van der Waals surface area contributed by atoms with Gasteiger partial charge in [0.15, 0.2) is 0 Å². The van der Waals surface area contributed by atoms with Gasteiger partial charge in [0.05, 0.1) is 48.8 Å². The van der Waals surface area contributed by atoms with E-state index in [0.29, 0.717) is 39.6 Å². The van der Waals surface area contributed by atoms with E-state index in [-0.39, 0.29) is 33.9 Å².